The van der Waals surface area contributed by atoms with Crippen LogP contribution in [-0.2, 0) is 5.75 Å². The maximum Gasteiger partial charge on any atom is 0.274 e. The Morgan fingerprint density at radius 1 is 1.09 bits per heavy atom. The minimum atomic E-state index is -0.297. The summed E-state index contributed by atoms with van der Waals surface area (Å²) in [6.45, 7) is 0. The van der Waals surface area contributed by atoms with Crippen LogP contribution in [0.5, 0.6) is 5.75 Å². The summed E-state index contributed by atoms with van der Waals surface area (Å²) in [6, 6.07) is 16.9. The summed E-state index contributed by atoms with van der Waals surface area (Å²) in [7, 11) is 1.58. The molecule has 0 bridgehead atoms. The van der Waals surface area contributed by atoms with Gasteiger partial charge in [0.25, 0.3) is 5.91 Å². The topological polar surface area (TPSA) is 106 Å². The molecule has 1 amide bonds. The average Bonchev–Trinajstić information content (AvgIpc) is 3.32. The third kappa shape index (κ3) is 3.97. The van der Waals surface area contributed by atoms with Crippen LogP contribution in [0.1, 0.15) is 16.1 Å². The van der Waals surface area contributed by atoms with Gasteiger partial charge in [0.2, 0.25) is 0 Å². The Morgan fingerprint density at radius 2 is 2.00 bits per heavy atom. The van der Waals surface area contributed by atoms with Crippen LogP contribution >= 0.6 is 11.8 Å². The number of fused-ring (bicyclic) bond motifs is 2. The third-order valence-electron chi connectivity index (χ3n) is 4.90. The predicted octanol–water partition coefficient (Wildman–Crippen LogP) is 4.45. The normalized spacial score (nSPS) is 11.0. The number of aromatic nitrogens is 5. The molecule has 5 rings (SSSR count). The lowest BCUT2D eigenvalue weighted by atomic mass is 10.1. The number of rotatable bonds is 6. The fraction of sp³-hybridized carbons (Fsp3) is 0.0870. The van der Waals surface area contributed by atoms with Gasteiger partial charge in [0, 0.05) is 22.9 Å². The molecular formula is C23H18N6O2S. The van der Waals surface area contributed by atoms with Gasteiger partial charge in [0.15, 0.2) is 5.65 Å². The first-order chi connectivity index (χ1) is 15.7. The van der Waals surface area contributed by atoms with E-state index >= 15 is 0 Å². The molecule has 0 saturated carbocycles. The molecule has 0 spiro atoms. The van der Waals surface area contributed by atoms with Crippen molar-refractivity contribution in [2.45, 2.75) is 10.8 Å². The van der Waals surface area contributed by atoms with Crippen LogP contribution in [0.2, 0.25) is 0 Å². The number of H-pyrrole nitrogens is 1. The first-order valence-corrected chi connectivity index (χ1v) is 10.8. The highest BCUT2D eigenvalue weighted by atomic mass is 32.2. The van der Waals surface area contributed by atoms with E-state index in [9.17, 15) is 4.79 Å². The van der Waals surface area contributed by atoms with E-state index in [0.717, 1.165) is 21.4 Å². The van der Waals surface area contributed by atoms with Gasteiger partial charge >= 0.3 is 0 Å². The predicted molar refractivity (Wildman–Crippen MR) is 124 cm³/mol. The molecule has 158 valence electrons. The standard InChI is InChI=1S/C23H18N6O2S/c1-31-20-10-19(28-18-8-3-2-7-16(18)20)22(30)27-15-6-4-5-14(9-15)12-32-23-17-11-26-29-21(17)24-13-25-23/h2-11,13H,12H2,1H3,(H,27,30)(H,24,25,26,29). The molecule has 0 atom stereocenters. The molecule has 9 heteroatoms. The number of aromatic amines is 1. The number of carbonyl (C=O) groups excluding carboxylic acids is 1. The first-order valence-electron chi connectivity index (χ1n) is 9.82. The second-order valence-electron chi connectivity index (χ2n) is 6.98. The number of nitrogens with zero attached hydrogens (tertiary/aromatic N) is 4. The molecular weight excluding hydrogens is 424 g/mol. The van der Waals surface area contributed by atoms with Crippen LogP contribution in [0.15, 0.2) is 72.1 Å². The van der Waals surface area contributed by atoms with Crippen molar-refractivity contribution in [2.75, 3.05) is 12.4 Å². The number of amides is 1. The van der Waals surface area contributed by atoms with Crippen molar-refractivity contribution >= 4 is 45.3 Å². The number of nitrogens with one attached hydrogen (secondary N) is 2. The summed E-state index contributed by atoms with van der Waals surface area (Å²) < 4.78 is 5.45. The van der Waals surface area contributed by atoms with E-state index in [1.165, 1.54) is 6.33 Å². The number of pyridine rings is 1. The molecule has 8 nitrogen and oxygen atoms in total. The molecule has 2 N–H and O–H groups in total. The van der Waals surface area contributed by atoms with Crippen molar-refractivity contribution in [1.82, 2.24) is 25.1 Å². The number of benzene rings is 2. The van der Waals surface area contributed by atoms with E-state index in [4.69, 9.17) is 4.74 Å². The molecule has 3 aromatic heterocycles. The Balaban J connectivity index is 1.33. The van der Waals surface area contributed by atoms with Crippen LogP contribution in [0.25, 0.3) is 21.9 Å². The summed E-state index contributed by atoms with van der Waals surface area (Å²) in [4.78, 5) is 25.9. The number of ether oxygens (including phenoxy) is 1. The van der Waals surface area contributed by atoms with Gasteiger partial charge in [-0.25, -0.2) is 15.0 Å². The molecule has 5 aromatic rings. The van der Waals surface area contributed by atoms with Crippen molar-refractivity contribution in [3.05, 3.63) is 78.4 Å². The lowest BCUT2D eigenvalue weighted by molar-refractivity contribution is 0.102. The summed E-state index contributed by atoms with van der Waals surface area (Å²) >= 11 is 1.59. The summed E-state index contributed by atoms with van der Waals surface area (Å²) in [5, 5.41) is 12.4. The van der Waals surface area contributed by atoms with Gasteiger partial charge in [-0.3, -0.25) is 9.89 Å². The Morgan fingerprint density at radius 3 is 2.91 bits per heavy atom. The fourth-order valence-corrected chi connectivity index (χ4v) is 4.28. The molecule has 2 aromatic carbocycles. The molecule has 0 aliphatic rings. The van der Waals surface area contributed by atoms with Gasteiger partial charge in [-0.05, 0) is 29.8 Å². The largest absolute Gasteiger partial charge is 0.496 e. The lowest BCUT2D eigenvalue weighted by Gasteiger charge is -2.10. The lowest BCUT2D eigenvalue weighted by Crippen LogP contribution is -2.14. The zero-order valence-electron chi connectivity index (χ0n) is 17.1. The maximum absolute atomic E-state index is 12.9. The third-order valence-corrected chi connectivity index (χ3v) is 5.98. The smallest absolute Gasteiger partial charge is 0.274 e. The van der Waals surface area contributed by atoms with E-state index in [0.29, 0.717) is 34.0 Å². The van der Waals surface area contributed by atoms with Crippen molar-refractivity contribution in [1.29, 1.82) is 0 Å². The monoisotopic (exact) mass is 442 g/mol. The molecule has 0 aliphatic heterocycles. The highest BCUT2D eigenvalue weighted by Gasteiger charge is 2.13. The molecule has 0 fully saturated rings. The van der Waals surface area contributed by atoms with Crippen molar-refractivity contribution in [3.8, 4) is 5.75 Å². The van der Waals surface area contributed by atoms with Gasteiger partial charge < -0.3 is 10.1 Å². The van der Waals surface area contributed by atoms with Gasteiger partial charge in [0.05, 0.1) is 24.2 Å². The minimum absolute atomic E-state index is 0.295. The first kappa shape index (κ1) is 20.0. The molecule has 32 heavy (non-hydrogen) atoms. The zero-order chi connectivity index (χ0) is 21.9. The number of anilines is 1. The van der Waals surface area contributed by atoms with Crippen LogP contribution in [0.4, 0.5) is 5.69 Å². The second kappa shape index (κ2) is 8.64. The number of methoxy groups -OCH3 is 1. The summed E-state index contributed by atoms with van der Waals surface area (Å²) in [5.41, 5.74) is 3.45. The van der Waals surface area contributed by atoms with Crippen LogP contribution in [-0.4, -0.2) is 38.2 Å². The number of thioether (sulfide) groups is 1. The van der Waals surface area contributed by atoms with Crippen molar-refractivity contribution in [2.24, 2.45) is 0 Å². The average molecular weight is 443 g/mol. The van der Waals surface area contributed by atoms with E-state index in [-0.39, 0.29) is 5.91 Å². The highest BCUT2D eigenvalue weighted by Crippen LogP contribution is 2.28. The van der Waals surface area contributed by atoms with Crippen molar-refractivity contribution in [3.63, 3.8) is 0 Å². The summed E-state index contributed by atoms with van der Waals surface area (Å²) in [5.74, 6) is 0.999. The highest BCUT2D eigenvalue weighted by molar-refractivity contribution is 7.98. The van der Waals surface area contributed by atoms with E-state index < -0.39 is 0 Å². The maximum atomic E-state index is 12.9. The number of hydrogen-bond donors (Lipinski definition) is 2. The fourth-order valence-electron chi connectivity index (χ4n) is 3.37. The molecule has 3 heterocycles. The molecule has 0 aliphatic carbocycles. The van der Waals surface area contributed by atoms with Crippen molar-refractivity contribution < 1.29 is 9.53 Å². The number of para-hydroxylation sites is 1. The molecule has 0 unspecified atom stereocenters. The van der Waals surface area contributed by atoms with E-state index in [2.05, 4.69) is 30.5 Å². The Kier molecular flexibility index (Phi) is 5.39. The van der Waals surface area contributed by atoms with Gasteiger partial charge in [-0.1, -0.05) is 24.3 Å². The van der Waals surface area contributed by atoms with Gasteiger partial charge in [0.1, 0.15) is 22.8 Å². The number of carbonyl (C=O) groups is 1. The van der Waals surface area contributed by atoms with Crippen LogP contribution in [0.3, 0.4) is 0 Å². The Bertz CT molecular complexity index is 1430. The second-order valence-corrected chi connectivity index (χ2v) is 7.95. The van der Waals surface area contributed by atoms with Crippen LogP contribution < -0.4 is 10.1 Å². The quantitative estimate of drug-likeness (QED) is 0.295. The molecule has 0 radical (unpaired) electrons. The molecule has 0 saturated heterocycles. The summed E-state index contributed by atoms with van der Waals surface area (Å²) in [6.07, 6.45) is 3.24. The van der Waals surface area contributed by atoms with Gasteiger partial charge in [-0.15, -0.1) is 11.8 Å². The van der Waals surface area contributed by atoms with E-state index in [1.807, 2.05) is 48.5 Å². The number of hydrogen-bond acceptors (Lipinski definition) is 7. The minimum Gasteiger partial charge on any atom is -0.496 e. The SMILES string of the molecule is COc1cc(C(=O)Nc2cccc(CSc3ncnc4[nH]ncc34)c2)nc2ccccc12. The zero-order valence-corrected chi connectivity index (χ0v) is 17.9. The van der Waals surface area contributed by atoms with E-state index in [1.54, 1.807) is 31.1 Å². The Hall–Kier alpha value is -3.98. The van der Waals surface area contributed by atoms with Gasteiger partial charge in [-0.2, -0.15) is 5.10 Å². The van der Waals surface area contributed by atoms with Crippen LogP contribution in [0, 0.1) is 0 Å². The Labute approximate surface area is 187 Å².